The summed E-state index contributed by atoms with van der Waals surface area (Å²) >= 11 is 0. The van der Waals surface area contributed by atoms with E-state index in [0.717, 1.165) is 19.3 Å². The molecule has 2 unspecified atom stereocenters. The second-order valence-electron chi connectivity index (χ2n) is 6.72. The lowest BCUT2D eigenvalue weighted by molar-refractivity contribution is -0.0754. The van der Waals surface area contributed by atoms with E-state index < -0.39 is 31.0 Å². The largest absolute Gasteiger partial charge is 0.395 e. The van der Waals surface area contributed by atoms with Crippen LogP contribution in [0.5, 0.6) is 0 Å². The van der Waals surface area contributed by atoms with Gasteiger partial charge >= 0.3 is 0 Å². The highest BCUT2D eigenvalue weighted by molar-refractivity contribution is 4.82. The minimum Gasteiger partial charge on any atom is -0.395 e. The van der Waals surface area contributed by atoms with E-state index in [-0.39, 0.29) is 0 Å². The number of rotatable bonds is 16. The van der Waals surface area contributed by atoms with Crippen LogP contribution < -0.4 is 5.73 Å². The van der Waals surface area contributed by atoms with Crippen molar-refractivity contribution in [2.45, 2.75) is 108 Å². The lowest BCUT2D eigenvalue weighted by atomic mass is 9.97. The number of aliphatic hydroxyl groups excluding tert-OH is 4. The van der Waals surface area contributed by atoms with Gasteiger partial charge < -0.3 is 26.2 Å². The molecule has 0 aromatic carbocycles. The van der Waals surface area contributed by atoms with Crippen LogP contribution in [0.4, 0.5) is 0 Å². The topological polar surface area (TPSA) is 107 Å². The molecular weight excluding hydrogens is 294 g/mol. The summed E-state index contributed by atoms with van der Waals surface area (Å²) in [5.74, 6) is 0. The average Bonchev–Trinajstić information content (AvgIpc) is 2.57. The molecule has 140 valence electrons. The highest BCUT2D eigenvalue weighted by Crippen LogP contribution is 2.14. The van der Waals surface area contributed by atoms with E-state index in [1.807, 2.05) is 0 Å². The monoisotopic (exact) mass is 333 g/mol. The second kappa shape index (κ2) is 15.3. The molecule has 0 aliphatic rings. The molecule has 0 saturated carbocycles. The first-order valence-corrected chi connectivity index (χ1v) is 9.45. The van der Waals surface area contributed by atoms with E-state index in [9.17, 15) is 15.3 Å². The number of hydrogen-bond donors (Lipinski definition) is 5. The average molecular weight is 334 g/mol. The Kier molecular flexibility index (Phi) is 15.2. The zero-order chi connectivity index (χ0) is 17.5. The zero-order valence-corrected chi connectivity index (χ0v) is 14.9. The molecule has 23 heavy (non-hydrogen) atoms. The van der Waals surface area contributed by atoms with Crippen LogP contribution in [-0.4, -0.2) is 51.4 Å². The van der Waals surface area contributed by atoms with Crippen molar-refractivity contribution in [2.75, 3.05) is 6.61 Å². The van der Waals surface area contributed by atoms with Crippen LogP contribution >= 0.6 is 0 Å². The quantitative estimate of drug-likeness (QED) is 0.278. The van der Waals surface area contributed by atoms with E-state index in [4.69, 9.17) is 10.8 Å². The molecule has 0 saturated heterocycles. The summed E-state index contributed by atoms with van der Waals surface area (Å²) in [6, 6.07) is -0.919. The van der Waals surface area contributed by atoms with Gasteiger partial charge in [0, 0.05) is 0 Å². The van der Waals surface area contributed by atoms with Crippen molar-refractivity contribution < 1.29 is 20.4 Å². The summed E-state index contributed by atoms with van der Waals surface area (Å²) in [4.78, 5) is 0. The van der Waals surface area contributed by atoms with Gasteiger partial charge in [-0.25, -0.2) is 0 Å². The Morgan fingerprint density at radius 3 is 1.57 bits per heavy atom. The van der Waals surface area contributed by atoms with Crippen molar-refractivity contribution in [3.05, 3.63) is 0 Å². The molecule has 0 rings (SSSR count). The van der Waals surface area contributed by atoms with Crippen LogP contribution in [0.15, 0.2) is 0 Å². The predicted molar refractivity (Wildman–Crippen MR) is 94.2 cm³/mol. The Morgan fingerprint density at radius 2 is 1.13 bits per heavy atom. The molecule has 5 heteroatoms. The van der Waals surface area contributed by atoms with Crippen LogP contribution in [0, 0.1) is 0 Å². The summed E-state index contributed by atoms with van der Waals surface area (Å²) in [6.07, 6.45) is 10.4. The molecule has 0 spiro atoms. The van der Waals surface area contributed by atoms with E-state index in [2.05, 4.69) is 6.92 Å². The molecule has 0 aliphatic carbocycles. The summed E-state index contributed by atoms with van der Waals surface area (Å²) < 4.78 is 0. The third-order valence-electron chi connectivity index (χ3n) is 4.50. The first-order chi connectivity index (χ1) is 11.0. The maximum Gasteiger partial charge on any atom is 0.107 e. The number of aliphatic hydroxyl groups is 4. The normalized spacial score (nSPS) is 17.0. The maximum absolute atomic E-state index is 9.83. The molecular formula is C18H39NO4. The molecule has 0 bridgehead atoms. The van der Waals surface area contributed by atoms with Gasteiger partial charge in [0.1, 0.15) is 6.10 Å². The third-order valence-corrected chi connectivity index (χ3v) is 4.50. The Balaban J connectivity index is 3.46. The smallest absolute Gasteiger partial charge is 0.107 e. The lowest BCUT2D eigenvalue weighted by Crippen LogP contribution is -2.49. The summed E-state index contributed by atoms with van der Waals surface area (Å²) in [5, 5.41) is 38.1. The molecule has 0 heterocycles. The van der Waals surface area contributed by atoms with Crippen molar-refractivity contribution in [2.24, 2.45) is 5.73 Å². The van der Waals surface area contributed by atoms with Gasteiger partial charge in [-0.1, -0.05) is 77.6 Å². The van der Waals surface area contributed by atoms with Gasteiger partial charge in [-0.15, -0.1) is 0 Å². The fraction of sp³-hybridized carbons (Fsp3) is 1.00. The Labute approximate surface area is 141 Å². The summed E-state index contributed by atoms with van der Waals surface area (Å²) in [5.41, 5.74) is 5.45. The van der Waals surface area contributed by atoms with Crippen molar-refractivity contribution in [3.8, 4) is 0 Å². The minimum absolute atomic E-state index is 0.413. The Morgan fingerprint density at radius 1 is 0.696 bits per heavy atom. The van der Waals surface area contributed by atoms with E-state index in [1.54, 1.807) is 0 Å². The van der Waals surface area contributed by atoms with E-state index in [1.165, 1.54) is 51.4 Å². The van der Waals surface area contributed by atoms with Gasteiger partial charge in [-0.05, 0) is 6.42 Å². The molecule has 0 aromatic rings. The highest BCUT2D eigenvalue weighted by Gasteiger charge is 2.28. The Bertz CT molecular complexity index is 253. The second-order valence-corrected chi connectivity index (χ2v) is 6.72. The van der Waals surface area contributed by atoms with Gasteiger partial charge in [-0.3, -0.25) is 0 Å². The Hall–Kier alpha value is -0.200. The number of hydrogen-bond acceptors (Lipinski definition) is 5. The fourth-order valence-electron chi connectivity index (χ4n) is 2.78. The molecule has 0 aromatic heterocycles. The molecule has 0 aliphatic heterocycles. The van der Waals surface area contributed by atoms with Crippen LogP contribution in [0.1, 0.15) is 84.0 Å². The molecule has 4 atom stereocenters. The van der Waals surface area contributed by atoms with Crippen LogP contribution in [0.25, 0.3) is 0 Å². The molecule has 0 fully saturated rings. The predicted octanol–water partition coefficient (Wildman–Crippen LogP) is 2.09. The molecule has 0 radical (unpaired) electrons. The summed E-state index contributed by atoms with van der Waals surface area (Å²) in [7, 11) is 0. The molecule has 0 amide bonds. The SMILES string of the molecule is CCCCCCCCCCCCCC(O)C(O)[C@@H](O)[C@@H](N)CO. The van der Waals surface area contributed by atoms with Crippen molar-refractivity contribution in [3.63, 3.8) is 0 Å². The first-order valence-electron chi connectivity index (χ1n) is 9.45. The number of nitrogens with two attached hydrogens (primary N) is 1. The van der Waals surface area contributed by atoms with Gasteiger partial charge in [0.2, 0.25) is 0 Å². The van der Waals surface area contributed by atoms with Crippen LogP contribution in [0.3, 0.4) is 0 Å². The van der Waals surface area contributed by atoms with Crippen molar-refractivity contribution in [1.82, 2.24) is 0 Å². The van der Waals surface area contributed by atoms with Crippen molar-refractivity contribution in [1.29, 1.82) is 0 Å². The molecule has 5 nitrogen and oxygen atoms in total. The maximum atomic E-state index is 9.83. The highest BCUT2D eigenvalue weighted by atomic mass is 16.4. The fourth-order valence-corrected chi connectivity index (χ4v) is 2.78. The minimum atomic E-state index is -1.29. The molecule has 6 N–H and O–H groups in total. The summed E-state index contributed by atoms with van der Waals surface area (Å²) in [6.45, 7) is 1.82. The van der Waals surface area contributed by atoms with Crippen LogP contribution in [0.2, 0.25) is 0 Å². The zero-order valence-electron chi connectivity index (χ0n) is 14.9. The number of unbranched alkanes of at least 4 members (excludes halogenated alkanes) is 10. The van der Waals surface area contributed by atoms with Crippen molar-refractivity contribution >= 4 is 0 Å². The van der Waals surface area contributed by atoms with Gasteiger partial charge in [0.05, 0.1) is 24.9 Å². The van der Waals surface area contributed by atoms with E-state index in [0.29, 0.717) is 6.42 Å². The lowest BCUT2D eigenvalue weighted by Gasteiger charge is -2.26. The van der Waals surface area contributed by atoms with E-state index >= 15 is 0 Å². The van der Waals surface area contributed by atoms with Gasteiger partial charge in [0.25, 0.3) is 0 Å². The van der Waals surface area contributed by atoms with Gasteiger partial charge in [-0.2, -0.15) is 0 Å². The first kappa shape index (κ1) is 22.8. The standard InChI is InChI=1S/C18H39NO4/c1-2-3-4-5-6-7-8-9-10-11-12-13-16(21)18(23)17(22)15(19)14-20/h15-18,20-23H,2-14,19H2,1H3/t15-,16?,17-,18?/m0/s1. The third kappa shape index (κ3) is 11.9. The van der Waals surface area contributed by atoms with Crippen LogP contribution in [-0.2, 0) is 0 Å². The van der Waals surface area contributed by atoms with Gasteiger partial charge in [0.15, 0.2) is 0 Å².